The SMILES string of the molecule is C/C(=C\c1ccccc1)C(=O)O[C@@H]1[C@@H](OC(=O)/C(C)=C/c2ccccc2)C(c2ccccc2)(c2ccccc2)OC1(c1ccccc1)c1ccccc1. The first-order valence-corrected chi connectivity index (χ1v) is 17.7. The van der Waals surface area contributed by atoms with Crippen molar-refractivity contribution in [3.8, 4) is 0 Å². The molecule has 53 heavy (non-hydrogen) atoms. The largest absolute Gasteiger partial charge is 0.451 e. The molecule has 262 valence electrons. The maximum atomic E-state index is 14.4. The maximum Gasteiger partial charge on any atom is 0.334 e. The third kappa shape index (κ3) is 6.99. The van der Waals surface area contributed by atoms with E-state index >= 15 is 0 Å². The third-order valence-corrected chi connectivity index (χ3v) is 9.69. The predicted octanol–water partition coefficient (Wildman–Crippen LogP) is 9.93. The highest BCUT2D eigenvalue weighted by molar-refractivity contribution is 5.94. The molecule has 6 aromatic rings. The highest BCUT2D eigenvalue weighted by atomic mass is 16.7. The molecule has 0 amide bonds. The topological polar surface area (TPSA) is 61.8 Å². The summed E-state index contributed by atoms with van der Waals surface area (Å²) in [6.07, 6.45) is 1.24. The molecule has 2 atom stereocenters. The lowest BCUT2D eigenvalue weighted by Crippen LogP contribution is -2.48. The Morgan fingerprint density at radius 1 is 0.434 bits per heavy atom. The molecule has 0 aromatic heterocycles. The fraction of sp³-hybridized carbons (Fsp3) is 0.125. The Kier molecular flexibility index (Phi) is 10.3. The second kappa shape index (κ2) is 15.5. The van der Waals surface area contributed by atoms with Gasteiger partial charge in [0, 0.05) is 11.1 Å². The van der Waals surface area contributed by atoms with E-state index in [-0.39, 0.29) is 0 Å². The summed E-state index contributed by atoms with van der Waals surface area (Å²) in [4.78, 5) is 28.9. The molecule has 1 fully saturated rings. The highest BCUT2D eigenvalue weighted by Crippen LogP contribution is 2.58. The van der Waals surface area contributed by atoms with Crippen LogP contribution in [0.15, 0.2) is 193 Å². The van der Waals surface area contributed by atoms with Crippen molar-refractivity contribution >= 4 is 24.1 Å². The Labute approximate surface area is 310 Å². The van der Waals surface area contributed by atoms with Crippen molar-refractivity contribution in [1.29, 1.82) is 0 Å². The van der Waals surface area contributed by atoms with E-state index in [9.17, 15) is 9.59 Å². The van der Waals surface area contributed by atoms with E-state index in [4.69, 9.17) is 14.2 Å². The van der Waals surface area contributed by atoms with Gasteiger partial charge in [-0.05, 0) is 59.4 Å². The number of carbonyl (C=O) groups is 2. The number of ether oxygens (including phenoxy) is 3. The quantitative estimate of drug-likeness (QED) is 0.105. The first-order chi connectivity index (χ1) is 25.9. The van der Waals surface area contributed by atoms with Crippen LogP contribution in [0.1, 0.15) is 47.2 Å². The van der Waals surface area contributed by atoms with Crippen LogP contribution in [0.4, 0.5) is 0 Å². The van der Waals surface area contributed by atoms with Gasteiger partial charge in [-0.15, -0.1) is 0 Å². The molecule has 0 unspecified atom stereocenters. The molecule has 0 bridgehead atoms. The average molecular weight is 697 g/mol. The van der Waals surface area contributed by atoms with E-state index in [1.807, 2.05) is 182 Å². The van der Waals surface area contributed by atoms with Crippen LogP contribution in [0.3, 0.4) is 0 Å². The number of carbonyl (C=O) groups excluding carboxylic acids is 2. The van der Waals surface area contributed by atoms with Crippen molar-refractivity contribution in [2.24, 2.45) is 0 Å². The van der Waals surface area contributed by atoms with Crippen LogP contribution in [-0.2, 0) is 35.0 Å². The summed E-state index contributed by atoms with van der Waals surface area (Å²) in [6.45, 7) is 3.46. The van der Waals surface area contributed by atoms with Crippen LogP contribution < -0.4 is 0 Å². The Hall–Kier alpha value is -6.30. The van der Waals surface area contributed by atoms with E-state index in [0.717, 1.165) is 33.4 Å². The Morgan fingerprint density at radius 3 is 0.943 bits per heavy atom. The van der Waals surface area contributed by atoms with Gasteiger partial charge < -0.3 is 14.2 Å². The van der Waals surface area contributed by atoms with E-state index in [2.05, 4.69) is 0 Å². The molecule has 1 aliphatic heterocycles. The van der Waals surface area contributed by atoms with Crippen molar-refractivity contribution in [3.63, 3.8) is 0 Å². The highest BCUT2D eigenvalue weighted by Gasteiger charge is 2.69. The van der Waals surface area contributed by atoms with E-state index in [1.165, 1.54) is 0 Å². The van der Waals surface area contributed by atoms with E-state index < -0.39 is 35.3 Å². The number of rotatable bonds is 10. The Bertz CT molecular complexity index is 1960. The van der Waals surface area contributed by atoms with Gasteiger partial charge in [0.15, 0.2) is 23.4 Å². The Balaban J connectivity index is 1.50. The van der Waals surface area contributed by atoms with Crippen LogP contribution >= 0.6 is 0 Å². The molecular weight excluding hydrogens is 657 g/mol. The molecule has 0 spiro atoms. The Morgan fingerprint density at radius 2 is 0.679 bits per heavy atom. The van der Waals surface area contributed by atoms with E-state index in [0.29, 0.717) is 11.1 Å². The smallest absolute Gasteiger partial charge is 0.334 e. The zero-order chi connectivity index (χ0) is 36.7. The monoisotopic (exact) mass is 696 g/mol. The van der Waals surface area contributed by atoms with Crippen LogP contribution in [0.2, 0.25) is 0 Å². The molecule has 7 rings (SSSR count). The minimum Gasteiger partial charge on any atom is -0.451 e. The molecule has 1 heterocycles. The fourth-order valence-corrected chi connectivity index (χ4v) is 7.19. The van der Waals surface area contributed by atoms with Crippen molar-refractivity contribution < 1.29 is 23.8 Å². The zero-order valence-corrected chi connectivity index (χ0v) is 29.7. The lowest BCUT2D eigenvalue weighted by molar-refractivity contribution is -0.165. The molecule has 6 aromatic carbocycles. The van der Waals surface area contributed by atoms with Gasteiger partial charge in [-0.1, -0.05) is 182 Å². The predicted molar refractivity (Wildman–Crippen MR) is 208 cm³/mol. The van der Waals surface area contributed by atoms with Crippen molar-refractivity contribution in [3.05, 3.63) is 227 Å². The molecule has 5 heteroatoms. The molecule has 0 saturated carbocycles. The van der Waals surface area contributed by atoms with Gasteiger partial charge in [-0.25, -0.2) is 9.59 Å². The summed E-state index contributed by atoms with van der Waals surface area (Å²) in [7, 11) is 0. The number of hydrogen-bond donors (Lipinski definition) is 0. The van der Waals surface area contributed by atoms with Crippen LogP contribution in [0.25, 0.3) is 12.2 Å². The number of benzene rings is 6. The summed E-state index contributed by atoms with van der Waals surface area (Å²) >= 11 is 0. The summed E-state index contributed by atoms with van der Waals surface area (Å²) in [6, 6.07) is 58.1. The van der Waals surface area contributed by atoms with Gasteiger partial charge in [-0.2, -0.15) is 0 Å². The van der Waals surface area contributed by atoms with Gasteiger partial charge in [0.2, 0.25) is 0 Å². The molecule has 1 saturated heterocycles. The maximum absolute atomic E-state index is 14.4. The summed E-state index contributed by atoms with van der Waals surface area (Å²) in [5, 5.41) is 0. The summed E-state index contributed by atoms with van der Waals surface area (Å²) < 4.78 is 21.2. The van der Waals surface area contributed by atoms with Gasteiger partial charge in [-0.3, -0.25) is 0 Å². The molecule has 5 nitrogen and oxygen atoms in total. The van der Waals surface area contributed by atoms with Crippen molar-refractivity contribution in [1.82, 2.24) is 0 Å². The van der Waals surface area contributed by atoms with Gasteiger partial charge >= 0.3 is 11.9 Å². The molecule has 0 aliphatic carbocycles. The lowest BCUT2D eigenvalue weighted by atomic mass is 9.76. The molecule has 0 N–H and O–H groups in total. The average Bonchev–Trinajstić information content (AvgIpc) is 3.50. The first kappa shape index (κ1) is 35.1. The third-order valence-electron chi connectivity index (χ3n) is 9.69. The van der Waals surface area contributed by atoms with Crippen molar-refractivity contribution in [2.45, 2.75) is 37.3 Å². The number of esters is 2. The standard InChI is InChI=1S/C48H40O5/c1-35(33-37-21-9-3-10-22-37)45(49)51-43-44(52-46(50)36(2)34-38-23-11-4-12-24-38)48(41-29-17-7-18-30-41,42-31-19-8-20-32-42)53-47(43,39-25-13-5-14-26-39)40-27-15-6-16-28-40/h3-34,43-44H,1-2H3/b35-33+,36-34+/t43-,44-/m1/s1. The van der Waals surface area contributed by atoms with Crippen molar-refractivity contribution in [2.75, 3.05) is 0 Å². The van der Waals surface area contributed by atoms with Gasteiger partial charge in [0.05, 0.1) is 0 Å². The minimum absolute atomic E-state index is 0.383. The molecule has 0 radical (unpaired) electrons. The van der Waals surface area contributed by atoms with E-state index in [1.54, 1.807) is 26.0 Å². The second-order valence-electron chi connectivity index (χ2n) is 13.2. The van der Waals surface area contributed by atoms with Crippen LogP contribution in [0.5, 0.6) is 0 Å². The van der Waals surface area contributed by atoms with Gasteiger partial charge in [0.25, 0.3) is 0 Å². The summed E-state index contributed by atoms with van der Waals surface area (Å²) in [5.74, 6) is -1.12. The molecular formula is C48H40O5. The summed E-state index contributed by atoms with van der Waals surface area (Å²) in [5.41, 5.74) is 2.53. The van der Waals surface area contributed by atoms with Gasteiger partial charge in [0.1, 0.15) is 0 Å². The van der Waals surface area contributed by atoms with Crippen LogP contribution in [0, 0.1) is 0 Å². The second-order valence-corrected chi connectivity index (χ2v) is 13.2. The molecule has 1 aliphatic rings. The van der Waals surface area contributed by atoms with Crippen LogP contribution in [-0.4, -0.2) is 24.1 Å². The first-order valence-electron chi connectivity index (χ1n) is 17.7. The minimum atomic E-state index is -1.45. The fourth-order valence-electron chi connectivity index (χ4n) is 7.19. The zero-order valence-electron chi connectivity index (χ0n) is 29.7. The lowest BCUT2D eigenvalue weighted by Gasteiger charge is -2.37. The normalized spacial score (nSPS) is 17.8. The number of hydrogen-bond acceptors (Lipinski definition) is 5.